The van der Waals surface area contributed by atoms with Crippen molar-refractivity contribution in [3.05, 3.63) is 36.0 Å². The lowest BCUT2D eigenvalue weighted by Crippen LogP contribution is -2.27. The summed E-state index contributed by atoms with van der Waals surface area (Å²) in [6.07, 6.45) is 11.8. The van der Waals surface area contributed by atoms with Crippen LogP contribution >= 0.6 is 0 Å². The van der Waals surface area contributed by atoms with Crippen LogP contribution in [0.2, 0.25) is 0 Å². The molecule has 0 N–H and O–H groups in total. The number of furan rings is 1. The second kappa shape index (κ2) is 8.08. The normalized spacial score (nSPS) is 17.7. The zero-order chi connectivity index (χ0) is 18.6. The Kier molecular flexibility index (Phi) is 5.81. The van der Waals surface area contributed by atoms with Crippen molar-refractivity contribution in [1.82, 2.24) is 14.5 Å². The molecular weight excluding hydrogens is 354 g/mol. The lowest BCUT2D eigenvalue weighted by molar-refractivity contribution is 0.0932. The van der Waals surface area contributed by atoms with E-state index in [0.29, 0.717) is 32.8 Å². The molecule has 1 aliphatic heterocycles. The minimum Gasteiger partial charge on any atom is -0.468 e. The van der Waals surface area contributed by atoms with Gasteiger partial charge in [-0.2, -0.15) is 0 Å². The van der Waals surface area contributed by atoms with Crippen molar-refractivity contribution in [2.24, 2.45) is 0 Å². The summed E-state index contributed by atoms with van der Waals surface area (Å²) in [6.45, 7) is 2.61. The minimum absolute atomic E-state index is 0.00890. The Morgan fingerprint density at radius 2 is 2.31 bits per heavy atom. The highest BCUT2D eigenvalue weighted by Gasteiger charge is 2.24. The Balaban J connectivity index is 1.84. The van der Waals surface area contributed by atoms with E-state index in [4.69, 9.17) is 15.6 Å². The molecule has 7 nitrogen and oxygen atoms in total. The molecule has 2 aromatic rings. The Morgan fingerprint density at radius 1 is 1.46 bits per heavy atom. The van der Waals surface area contributed by atoms with E-state index in [-0.39, 0.29) is 11.3 Å². The van der Waals surface area contributed by atoms with Crippen LogP contribution in [-0.2, 0) is 34.2 Å². The predicted octanol–water partition coefficient (Wildman–Crippen LogP) is 1.69. The van der Waals surface area contributed by atoms with Crippen molar-refractivity contribution in [2.75, 3.05) is 19.4 Å². The highest BCUT2D eigenvalue weighted by atomic mass is 32.2. The van der Waals surface area contributed by atoms with Crippen LogP contribution in [0.3, 0.4) is 0 Å². The SMILES string of the molecule is C#CCN(Cc1ccco1)Cc1cnc(S(C)(=O)=O)n1C[C@@H]1CCCO1. The summed E-state index contributed by atoms with van der Waals surface area (Å²) in [7, 11) is -3.43. The average molecular weight is 377 g/mol. The molecule has 140 valence electrons. The fourth-order valence-electron chi connectivity index (χ4n) is 3.15. The molecule has 1 aliphatic rings. The highest BCUT2D eigenvalue weighted by Crippen LogP contribution is 2.20. The molecule has 26 heavy (non-hydrogen) atoms. The number of hydrogen-bond acceptors (Lipinski definition) is 6. The Bertz CT molecular complexity index is 859. The lowest BCUT2D eigenvalue weighted by Gasteiger charge is -2.21. The van der Waals surface area contributed by atoms with E-state index in [1.807, 2.05) is 17.0 Å². The van der Waals surface area contributed by atoms with Crippen molar-refractivity contribution in [3.63, 3.8) is 0 Å². The van der Waals surface area contributed by atoms with Gasteiger partial charge in [0.25, 0.3) is 0 Å². The number of nitrogens with zero attached hydrogens (tertiary/aromatic N) is 3. The second-order valence-corrected chi connectivity index (χ2v) is 8.39. The van der Waals surface area contributed by atoms with Crippen molar-refractivity contribution in [2.45, 2.75) is 43.7 Å². The molecule has 0 unspecified atom stereocenters. The molecule has 0 bridgehead atoms. The maximum Gasteiger partial charge on any atom is 0.227 e. The van der Waals surface area contributed by atoms with Crippen molar-refractivity contribution >= 4 is 9.84 Å². The van der Waals surface area contributed by atoms with Gasteiger partial charge < -0.3 is 13.7 Å². The predicted molar refractivity (Wildman–Crippen MR) is 96.0 cm³/mol. The highest BCUT2D eigenvalue weighted by molar-refractivity contribution is 7.90. The third-order valence-corrected chi connectivity index (χ3v) is 5.29. The quantitative estimate of drug-likeness (QED) is 0.652. The van der Waals surface area contributed by atoms with Gasteiger partial charge in [-0.15, -0.1) is 6.42 Å². The molecule has 8 heteroatoms. The fourth-order valence-corrected chi connectivity index (χ4v) is 3.99. The molecule has 2 aromatic heterocycles. The van der Waals surface area contributed by atoms with Gasteiger partial charge in [0.15, 0.2) is 0 Å². The van der Waals surface area contributed by atoms with Crippen LogP contribution < -0.4 is 0 Å². The van der Waals surface area contributed by atoms with Crippen LogP contribution in [0.15, 0.2) is 34.2 Å². The van der Waals surface area contributed by atoms with Gasteiger partial charge in [0, 0.05) is 19.4 Å². The molecule has 3 heterocycles. The van der Waals surface area contributed by atoms with Crippen LogP contribution in [0.1, 0.15) is 24.3 Å². The van der Waals surface area contributed by atoms with Gasteiger partial charge in [0.2, 0.25) is 15.0 Å². The molecular formula is C18H23N3O4S. The molecule has 0 radical (unpaired) electrons. The number of aromatic nitrogens is 2. The largest absolute Gasteiger partial charge is 0.468 e. The minimum atomic E-state index is -3.43. The molecule has 0 aliphatic carbocycles. The van der Waals surface area contributed by atoms with E-state index in [1.54, 1.807) is 17.0 Å². The van der Waals surface area contributed by atoms with Crippen LogP contribution in [0.25, 0.3) is 0 Å². The first-order valence-electron chi connectivity index (χ1n) is 8.51. The number of hydrogen-bond donors (Lipinski definition) is 0. The summed E-state index contributed by atoms with van der Waals surface area (Å²) in [6, 6.07) is 3.71. The molecule has 1 atom stereocenters. The standard InChI is InChI=1S/C18H23N3O4S/c1-3-8-20(13-16-6-4-9-24-16)12-15-11-19-18(26(2,22)23)21(15)14-17-7-5-10-25-17/h1,4,6,9,11,17H,5,7-8,10,12-14H2,2H3/t17-/m0/s1. The zero-order valence-electron chi connectivity index (χ0n) is 14.8. The lowest BCUT2D eigenvalue weighted by atomic mass is 10.2. The van der Waals surface area contributed by atoms with E-state index < -0.39 is 9.84 Å². The van der Waals surface area contributed by atoms with Gasteiger partial charge in [0.05, 0.1) is 43.9 Å². The number of sulfone groups is 1. The Labute approximate surface area is 153 Å². The molecule has 1 fully saturated rings. The van der Waals surface area contributed by atoms with Crippen molar-refractivity contribution in [3.8, 4) is 12.3 Å². The number of terminal acetylenes is 1. The summed E-state index contributed by atoms with van der Waals surface area (Å²) >= 11 is 0. The molecule has 0 amide bonds. The van der Waals surface area contributed by atoms with Crippen LogP contribution in [0, 0.1) is 12.3 Å². The van der Waals surface area contributed by atoms with Crippen LogP contribution in [0.4, 0.5) is 0 Å². The third-order valence-electron chi connectivity index (χ3n) is 4.30. The maximum absolute atomic E-state index is 12.1. The monoisotopic (exact) mass is 377 g/mol. The molecule has 1 saturated heterocycles. The first kappa shape index (κ1) is 18.7. The Hall–Kier alpha value is -2.08. The fraction of sp³-hybridized carbons (Fsp3) is 0.500. The van der Waals surface area contributed by atoms with Gasteiger partial charge in [-0.1, -0.05) is 5.92 Å². The number of imidazole rings is 1. The molecule has 0 aromatic carbocycles. The van der Waals surface area contributed by atoms with Crippen LogP contribution in [0.5, 0.6) is 0 Å². The maximum atomic E-state index is 12.1. The summed E-state index contributed by atoms with van der Waals surface area (Å²) in [5.74, 6) is 3.44. The van der Waals surface area contributed by atoms with E-state index in [2.05, 4.69) is 10.9 Å². The van der Waals surface area contributed by atoms with Crippen molar-refractivity contribution in [1.29, 1.82) is 0 Å². The number of rotatable bonds is 8. The first-order valence-corrected chi connectivity index (χ1v) is 10.4. The average Bonchev–Trinajstić information content (AvgIpc) is 3.30. The molecule has 0 spiro atoms. The second-order valence-electron chi connectivity index (χ2n) is 6.48. The summed E-state index contributed by atoms with van der Waals surface area (Å²) in [5, 5.41) is 0.0710. The summed E-state index contributed by atoms with van der Waals surface area (Å²) < 4.78 is 37.1. The Morgan fingerprint density at radius 3 is 2.92 bits per heavy atom. The van der Waals surface area contributed by atoms with E-state index in [1.165, 1.54) is 6.26 Å². The smallest absolute Gasteiger partial charge is 0.227 e. The van der Waals surface area contributed by atoms with Crippen molar-refractivity contribution < 1.29 is 17.6 Å². The zero-order valence-corrected chi connectivity index (χ0v) is 15.6. The van der Waals surface area contributed by atoms with E-state index in [9.17, 15) is 8.42 Å². The third kappa shape index (κ3) is 4.55. The molecule has 3 rings (SSSR count). The van der Waals surface area contributed by atoms with E-state index in [0.717, 1.165) is 24.3 Å². The molecule has 0 saturated carbocycles. The van der Waals surface area contributed by atoms with Gasteiger partial charge in [-0.05, 0) is 25.0 Å². The van der Waals surface area contributed by atoms with Gasteiger partial charge in [0.1, 0.15) is 5.76 Å². The summed E-state index contributed by atoms with van der Waals surface area (Å²) in [5.41, 5.74) is 0.794. The topological polar surface area (TPSA) is 77.6 Å². The van der Waals surface area contributed by atoms with Crippen LogP contribution in [-0.4, -0.2) is 48.4 Å². The number of ether oxygens (including phenoxy) is 1. The van der Waals surface area contributed by atoms with Gasteiger partial charge in [-0.3, -0.25) is 4.90 Å². The van der Waals surface area contributed by atoms with Gasteiger partial charge in [-0.25, -0.2) is 13.4 Å². The first-order chi connectivity index (χ1) is 12.5. The summed E-state index contributed by atoms with van der Waals surface area (Å²) in [4.78, 5) is 6.17. The van der Waals surface area contributed by atoms with Gasteiger partial charge >= 0.3 is 0 Å². The van der Waals surface area contributed by atoms with E-state index >= 15 is 0 Å².